The number of benzene rings is 4. The van der Waals surface area contributed by atoms with Crippen molar-refractivity contribution in [3.8, 4) is 57.1 Å². The zero-order chi connectivity index (χ0) is 48.4. The van der Waals surface area contributed by atoms with Crippen molar-refractivity contribution in [2.24, 2.45) is 0 Å². The Balaban J connectivity index is 1.11. The molecule has 69 heavy (non-hydrogen) atoms. The summed E-state index contributed by atoms with van der Waals surface area (Å²) in [6, 6.07) is 26.2. The fraction of sp³-hybridized carbons (Fsp3) is 0.444. The molecule has 0 atom stereocenters. The quantitative estimate of drug-likeness (QED) is 0.0636. The van der Waals surface area contributed by atoms with E-state index in [2.05, 4.69) is 32.0 Å². The summed E-state index contributed by atoms with van der Waals surface area (Å²) >= 11 is 0. The van der Waals surface area contributed by atoms with E-state index >= 15 is 4.39 Å². The van der Waals surface area contributed by atoms with Crippen LogP contribution >= 0.6 is 0 Å². The van der Waals surface area contributed by atoms with Crippen LogP contribution in [0.2, 0.25) is 0 Å². The molecular formula is C54H67FN6O8. The first kappa shape index (κ1) is 49.0. The molecule has 4 aromatic carbocycles. The van der Waals surface area contributed by atoms with Crippen LogP contribution in [0.3, 0.4) is 0 Å². The molecule has 8 rings (SSSR count). The van der Waals surface area contributed by atoms with Crippen molar-refractivity contribution < 1.29 is 41.6 Å². The number of hydrazine groups is 1. The van der Waals surface area contributed by atoms with E-state index in [9.17, 15) is 0 Å². The van der Waals surface area contributed by atoms with Crippen LogP contribution in [0.1, 0.15) is 78.4 Å². The third kappa shape index (κ3) is 12.2. The molecule has 0 N–H and O–H groups in total. The molecule has 2 aliphatic heterocycles. The Morgan fingerprint density at radius 3 is 1.33 bits per heavy atom. The number of rotatable bonds is 21. The Hall–Kier alpha value is -6.45. The molecule has 2 saturated heterocycles. The summed E-state index contributed by atoms with van der Waals surface area (Å²) in [6.45, 7) is 17.1. The van der Waals surface area contributed by atoms with E-state index in [-0.39, 0.29) is 35.8 Å². The highest BCUT2D eigenvalue weighted by molar-refractivity contribution is 5.61. The van der Waals surface area contributed by atoms with E-state index in [1.165, 1.54) is 0 Å². The van der Waals surface area contributed by atoms with Gasteiger partial charge in [0.15, 0.2) is 23.0 Å². The van der Waals surface area contributed by atoms with E-state index in [0.717, 1.165) is 104 Å². The third-order valence-electron chi connectivity index (χ3n) is 12.3. The van der Waals surface area contributed by atoms with Crippen molar-refractivity contribution in [2.75, 3.05) is 63.6 Å². The Morgan fingerprint density at radius 1 is 0.580 bits per heavy atom. The smallest absolute Gasteiger partial charge is 0.317 e. The van der Waals surface area contributed by atoms with Gasteiger partial charge in [-0.2, -0.15) is 14.4 Å². The number of oxazole rings is 2. The summed E-state index contributed by atoms with van der Waals surface area (Å²) in [5, 5.41) is 4.41. The van der Waals surface area contributed by atoms with Gasteiger partial charge in [0, 0.05) is 56.5 Å². The predicted molar refractivity (Wildman–Crippen MR) is 265 cm³/mol. The van der Waals surface area contributed by atoms with E-state index in [1.807, 2.05) is 96.1 Å². The Bertz CT molecular complexity index is 2490. The van der Waals surface area contributed by atoms with Gasteiger partial charge in [-0.15, -0.1) is 0 Å². The molecule has 4 heterocycles. The topological polar surface area (TPSA) is 120 Å². The number of likely N-dealkylation sites (tertiary alicyclic amines) is 2. The Morgan fingerprint density at radius 2 is 0.971 bits per heavy atom. The summed E-state index contributed by atoms with van der Waals surface area (Å²) in [7, 11) is 3.31. The monoisotopic (exact) mass is 947 g/mol. The lowest BCUT2D eigenvalue weighted by atomic mass is 10.0. The van der Waals surface area contributed by atoms with Gasteiger partial charge in [0.25, 0.3) is 0 Å². The number of piperidine rings is 2. The molecule has 6 aromatic rings. The summed E-state index contributed by atoms with van der Waals surface area (Å²) in [5.74, 6) is 4.33. The molecule has 0 bridgehead atoms. The second-order valence-corrected chi connectivity index (χ2v) is 18.1. The summed E-state index contributed by atoms with van der Waals surface area (Å²) in [6.07, 6.45) is 6.83. The molecule has 0 unspecified atom stereocenters. The van der Waals surface area contributed by atoms with Crippen molar-refractivity contribution in [1.29, 1.82) is 0 Å². The number of anilines is 2. The minimum Gasteiger partial charge on any atom is -0.497 e. The maximum absolute atomic E-state index is 15.2. The molecule has 0 aliphatic carbocycles. The molecule has 0 amide bonds. The number of halogens is 1. The summed E-state index contributed by atoms with van der Waals surface area (Å²) < 4.78 is 63.4. The SMILES string of the molecule is CCOc1cc(CN2CCC(N(c3ncc(-c4ccc(OC)cc4)o3)N(c3ncc(-c4ccc(OC)cc4)o3)C3CCN(Cc4cc(OC(C)C)cc(OC(C)C)c4)CC3)CC2)cc(OCC)c1F. The van der Waals surface area contributed by atoms with Crippen LogP contribution in [0.5, 0.6) is 34.5 Å². The molecule has 0 saturated carbocycles. The summed E-state index contributed by atoms with van der Waals surface area (Å²) in [5.41, 5.74) is 3.83. The summed E-state index contributed by atoms with van der Waals surface area (Å²) in [4.78, 5) is 14.9. The highest BCUT2D eigenvalue weighted by atomic mass is 19.1. The zero-order valence-corrected chi connectivity index (χ0v) is 41.3. The van der Waals surface area contributed by atoms with Gasteiger partial charge < -0.3 is 37.3 Å². The van der Waals surface area contributed by atoms with E-state index in [4.69, 9.17) is 47.2 Å². The highest BCUT2D eigenvalue weighted by Gasteiger charge is 2.39. The number of ether oxygens (including phenoxy) is 6. The molecule has 368 valence electrons. The van der Waals surface area contributed by atoms with E-state index < -0.39 is 5.82 Å². The van der Waals surface area contributed by atoms with Crippen LogP contribution in [0.4, 0.5) is 16.4 Å². The molecule has 0 spiro atoms. The lowest BCUT2D eigenvalue weighted by Crippen LogP contribution is -2.59. The van der Waals surface area contributed by atoms with Gasteiger partial charge in [0.05, 0.1) is 64.1 Å². The van der Waals surface area contributed by atoms with Crippen molar-refractivity contribution in [3.05, 3.63) is 108 Å². The number of methoxy groups -OCH3 is 2. The molecule has 14 nitrogen and oxygen atoms in total. The van der Waals surface area contributed by atoms with E-state index in [1.54, 1.807) is 38.7 Å². The minimum atomic E-state index is -0.472. The average Bonchev–Trinajstić information content (AvgIpc) is 4.04. The second kappa shape index (κ2) is 22.8. The normalized spacial score (nSPS) is 15.1. The highest BCUT2D eigenvalue weighted by Crippen LogP contribution is 2.38. The molecular weight excluding hydrogens is 880 g/mol. The third-order valence-corrected chi connectivity index (χ3v) is 12.3. The van der Waals surface area contributed by atoms with Gasteiger partial charge in [0.1, 0.15) is 23.0 Å². The van der Waals surface area contributed by atoms with Crippen LogP contribution in [0.15, 0.2) is 100 Å². The number of nitrogens with zero attached hydrogens (tertiary/aromatic N) is 6. The number of hydrogen-bond donors (Lipinski definition) is 0. The lowest BCUT2D eigenvalue weighted by molar-refractivity contribution is 0.177. The maximum atomic E-state index is 15.2. The zero-order valence-electron chi connectivity index (χ0n) is 41.3. The van der Waals surface area contributed by atoms with Gasteiger partial charge in [-0.3, -0.25) is 9.80 Å². The van der Waals surface area contributed by atoms with Crippen molar-refractivity contribution in [3.63, 3.8) is 0 Å². The van der Waals surface area contributed by atoms with Gasteiger partial charge >= 0.3 is 12.0 Å². The Labute approximate surface area is 405 Å². The van der Waals surface area contributed by atoms with Crippen LogP contribution in [0.25, 0.3) is 22.6 Å². The molecule has 2 aromatic heterocycles. The number of aromatic nitrogens is 2. The van der Waals surface area contributed by atoms with Crippen LogP contribution in [-0.4, -0.2) is 97.7 Å². The van der Waals surface area contributed by atoms with Crippen molar-refractivity contribution in [1.82, 2.24) is 19.8 Å². The molecule has 2 aliphatic rings. The Kier molecular flexibility index (Phi) is 16.2. The standard InChI is InChI=1S/C54H67FN6O8/c1-9-64-48-29-39(30-49(52(48)55)65-10-2)35-59-25-21-43(22-26-59)61(54-57-33-51(69-54)41-13-17-45(63-8)18-14-41)60(53-56-32-50(68-53)40-11-15-44(62-7)16-12-40)42-19-23-58(24-20-42)34-38-27-46(66-36(3)4)31-47(28-38)67-37(5)6/h11-18,27-33,36-37,42-43H,9-10,19-26,34-35H2,1-8H3. The maximum Gasteiger partial charge on any atom is 0.317 e. The van der Waals surface area contributed by atoms with Gasteiger partial charge in [0.2, 0.25) is 5.82 Å². The van der Waals surface area contributed by atoms with E-state index in [0.29, 0.717) is 43.3 Å². The first-order valence-corrected chi connectivity index (χ1v) is 24.3. The minimum absolute atomic E-state index is 0.0263. The van der Waals surface area contributed by atoms with Crippen LogP contribution < -0.4 is 38.4 Å². The molecule has 15 heteroatoms. The van der Waals surface area contributed by atoms with Gasteiger partial charge in [-0.1, -0.05) is 0 Å². The van der Waals surface area contributed by atoms with Crippen molar-refractivity contribution >= 4 is 12.0 Å². The average molecular weight is 947 g/mol. The first-order chi connectivity index (χ1) is 33.5. The second-order valence-electron chi connectivity index (χ2n) is 18.1. The lowest BCUT2D eigenvalue weighted by Gasteiger charge is -2.47. The largest absolute Gasteiger partial charge is 0.497 e. The molecule has 2 fully saturated rings. The van der Waals surface area contributed by atoms with Crippen LogP contribution in [-0.2, 0) is 13.1 Å². The first-order valence-electron chi connectivity index (χ1n) is 24.3. The van der Waals surface area contributed by atoms with Gasteiger partial charge in [-0.05, 0) is 151 Å². The van der Waals surface area contributed by atoms with Crippen LogP contribution in [0, 0.1) is 5.82 Å². The van der Waals surface area contributed by atoms with Gasteiger partial charge in [-0.25, -0.2) is 10.0 Å². The number of hydrogen-bond acceptors (Lipinski definition) is 14. The fourth-order valence-corrected chi connectivity index (χ4v) is 9.17. The molecule has 0 radical (unpaired) electrons. The fourth-order valence-electron chi connectivity index (χ4n) is 9.17. The van der Waals surface area contributed by atoms with Crippen molar-refractivity contribution in [2.45, 2.75) is 105 Å². The predicted octanol–water partition coefficient (Wildman–Crippen LogP) is 11.1.